The summed E-state index contributed by atoms with van der Waals surface area (Å²) < 4.78 is 0. The highest BCUT2D eigenvalue weighted by Crippen LogP contribution is 2.28. The van der Waals surface area contributed by atoms with Crippen molar-refractivity contribution in [1.82, 2.24) is 5.32 Å². The summed E-state index contributed by atoms with van der Waals surface area (Å²) in [4.78, 5) is 22.5. The van der Waals surface area contributed by atoms with E-state index in [2.05, 4.69) is 26.1 Å². The number of nitrogens with zero attached hydrogens (tertiary/aromatic N) is 1. The van der Waals surface area contributed by atoms with Crippen molar-refractivity contribution in [3.63, 3.8) is 0 Å². The smallest absolute Gasteiger partial charge is 0.288 e. The SMILES string of the molecule is CC(C)(C)CC(C)(C)NC(=O)c1ccc(Cl)c([N+](=O)[O-])c1. The molecule has 0 bridgehead atoms. The molecule has 1 N–H and O–H groups in total. The second kappa shape index (κ2) is 6.02. The summed E-state index contributed by atoms with van der Waals surface area (Å²) in [6.07, 6.45) is 0.779. The van der Waals surface area contributed by atoms with Gasteiger partial charge >= 0.3 is 0 Å². The number of rotatable bonds is 4. The first-order valence-electron chi connectivity index (χ1n) is 6.68. The van der Waals surface area contributed by atoms with Crippen molar-refractivity contribution >= 4 is 23.2 Å². The molecular weight excluding hydrogens is 292 g/mol. The van der Waals surface area contributed by atoms with E-state index in [1.165, 1.54) is 18.2 Å². The monoisotopic (exact) mass is 312 g/mol. The molecular formula is C15H21ClN2O3. The van der Waals surface area contributed by atoms with Crippen molar-refractivity contribution in [3.05, 3.63) is 38.9 Å². The van der Waals surface area contributed by atoms with Crippen molar-refractivity contribution in [2.24, 2.45) is 5.41 Å². The number of carbonyl (C=O) groups excluding carboxylic acids is 1. The van der Waals surface area contributed by atoms with Crippen LogP contribution in [0.25, 0.3) is 0 Å². The van der Waals surface area contributed by atoms with Gasteiger partial charge in [-0.15, -0.1) is 0 Å². The van der Waals surface area contributed by atoms with Crippen LogP contribution in [0, 0.1) is 15.5 Å². The molecule has 0 heterocycles. The Morgan fingerprint density at radius 1 is 1.29 bits per heavy atom. The number of amides is 1. The van der Waals surface area contributed by atoms with Crippen molar-refractivity contribution < 1.29 is 9.72 Å². The van der Waals surface area contributed by atoms with Gasteiger partial charge in [0.15, 0.2) is 0 Å². The standard InChI is InChI=1S/C15H21ClN2O3/c1-14(2,3)9-15(4,5)17-13(19)10-6-7-11(16)12(8-10)18(20)21/h6-8H,9H2,1-5H3,(H,17,19). The second-order valence-electron chi connectivity index (χ2n) is 7.00. The topological polar surface area (TPSA) is 72.2 Å². The average molecular weight is 313 g/mol. The van der Waals surface area contributed by atoms with Gasteiger partial charge in [-0.05, 0) is 37.8 Å². The van der Waals surface area contributed by atoms with Gasteiger partial charge in [-0.25, -0.2) is 0 Å². The summed E-state index contributed by atoms with van der Waals surface area (Å²) in [6.45, 7) is 10.1. The van der Waals surface area contributed by atoms with E-state index >= 15 is 0 Å². The summed E-state index contributed by atoms with van der Waals surface area (Å²) in [6, 6.07) is 4.05. The molecule has 1 amide bonds. The fraction of sp³-hybridized carbons (Fsp3) is 0.533. The molecule has 0 radical (unpaired) electrons. The Bertz CT molecular complexity index is 563. The van der Waals surface area contributed by atoms with E-state index < -0.39 is 10.5 Å². The van der Waals surface area contributed by atoms with Crippen molar-refractivity contribution in [3.8, 4) is 0 Å². The molecule has 0 spiro atoms. The first kappa shape index (κ1) is 17.4. The predicted molar refractivity (Wildman–Crippen MR) is 83.7 cm³/mol. The Hall–Kier alpha value is -1.62. The Labute approximate surface area is 129 Å². The fourth-order valence-corrected chi connectivity index (χ4v) is 2.73. The summed E-state index contributed by atoms with van der Waals surface area (Å²) in [5.41, 5.74) is -0.391. The van der Waals surface area contributed by atoms with E-state index in [9.17, 15) is 14.9 Å². The minimum atomic E-state index is -0.598. The molecule has 116 valence electrons. The lowest BCUT2D eigenvalue weighted by Gasteiger charge is -2.33. The van der Waals surface area contributed by atoms with Crippen LogP contribution in [0.1, 0.15) is 51.4 Å². The largest absolute Gasteiger partial charge is 0.347 e. The van der Waals surface area contributed by atoms with Crippen LogP contribution in [-0.2, 0) is 0 Å². The molecule has 1 aromatic carbocycles. The summed E-state index contributed by atoms with van der Waals surface area (Å²) in [5.74, 6) is -0.344. The zero-order chi connectivity index (χ0) is 16.4. The zero-order valence-electron chi connectivity index (χ0n) is 13.0. The highest BCUT2D eigenvalue weighted by atomic mass is 35.5. The number of halogens is 1. The maximum atomic E-state index is 12.3. The fourth-order valence-electron chi connectivity index (χ4n) is 2.54. The third kappa shape index (κ3) is 5.34. The lowest BCUT2D eigenvalue weighted by atomic mass is 9.81. The minimum Gasteiger partial charge on any atom is -0.347 e. The van der Waals surface area contributed by atoms with Crippen LogP contribution in [0.3, 0.4) is 0 Å². The number of nitrogens with one attached hydrogen (secondary N) is 1. The van der Waals surface area contributed by atoms with Crippen LogP contribution in [0.5, 0.6) is 0 Å². The van der Waals surface area contributed by atoms with Gasteiger partial charge < -0.3 is 5.32 Å². The molecule has 0 unspecified atom stereocenters. The van der Waals surface area contributed by atoms with Crippen LogP contribution in [0.4, 0.5) is 5.69 Å². The van der Waals surface area contributed by atoms with Crippen LogP contribution >= 0.6 is 11.6 Å². The molecule has 21 heavy (non-hydrogen) atoms. The normalized spacial score (nSPS) is 12.1. The Balaban J connectivity index is 2.95. The highest BCUT2D eigenvalue weighted by Gasteiger charge is 2.28. The van der Waals surface area contributed by atoms with Crippen LogP contribution in [-0.4, -0.2) is 16.4 Å². The van der Waals surface area contributed by atoms with Crippen LogP contribution in [0.15, 0.2) is 18.2 Å². The van der Waals surface area contributed by atoms with E-state index in [-0.39, 0.29) is 27.6 Å². The Morgan fingerprint density at radius 2 is 1.86 bits per heavy atom. The Morgan fingerprint density at radius 3 is 2.33 bits per heavy atom. The van der Waals surface area contributed by atoms with Gasteiger partial charge in [-0.3, -0.25) is 14.9 Å². The van der Waals surface area contributed by atoms with Crippen molar-refractivity contribution in [2.45, 2.75) is 46.6 Å². The van der Waals surface area contributed by atoms with Gasteiger partial charge in [0.25, 0.3) is 11.6 Å². The molecule has 1 aromatic rings. The average Bonchev–Trinajstić information content (AvgIpc) is 2.24. The first-order valence-corrected chi connectivity index (χ1v) is 7.05. The van der Waals surface area contributed by atoms with E-state index in [0.717, 1.165) is 6.42 Å². The summed E-state index contributed by atoms with van der Waals surface area (Å²) in [7, 11) is 0. The third-order valence-electron chi connectivity index (χ3n) is 2.83. The van der Waals surface area contributed by atoms with Gasteiger partial charge in [0, 0.05) is 17.2 Å². The maximum Gasteiger partial charge on any atom is 0.288 e. The number of nitro groups is 1. The van der Waals surface area contributed by atoms with Crippen LogP contribution < -0.4 is 5.32 Å². The number of carbonyl (C=O) groups is 1. The van der Waals surface area contributed by atoms with Gasteiger partial charge in [0.2, 0.25) is 0 Å². The summed E-state index contributed by atoms with van der Waals surface area (Å²) in [5, 5.41) is 13.8. The van der Waals surface area contributed by atoms with E-state index in [1.54, 1.807) is 0 Å². The molecule has 0 saturated carbocycles. The number of hydrogen-bond donors (Lipinski definition) is 1. The lowest BCUT2D eigenvalue weighted by molar-refractivity contribution is -0.384. The Kier molecular flexibility index (Phi) is 4.99. The minimum absolute atomic E-state index is 0.0190. The molecule has 6 heteroatoms. The summed E-state index contributed by atoms with van der Waals surface area (Å²) >= 11 is 5.74. The van der Waals surface area contributed by atoms with Gasteiger partial charge in [-0.2, -0.15) is 0 Å². The van der Waals surface area contributed by atoms with Crippen molar-refractivity contribution in [1.29, 1.82) is 0 Å². The van der Waals surface area contributed by atoms with E-state index in [0.29, 0.717) is 0 Å². The lowest BCUT2D eigenvalue weighted by Crippen LogP contribution is -2.45. The van der Waals surface area contributed by atoms with Crippen LogP contribution in [0.2, 0.25) is 5.02 Å². The van der Waals surface area contributed by atoms with Gasteiger partial charge in [0.05, 0.1) is 4.92 Å². The molecule has 0 aliphatic rings. The maximum absolute atomic E-state index is 12.3. The molecule has 5 nitrogen and oxygen atoms in total. The third-order valence-corrected chi connectivity index (χ3v) is 3.15. The second-order valence-corrected chi connectivity index (χ2v) is 7.41. The molecule has 0 aromatic heterocycles. The molecule has 0 fully saturated rings. The highest BCUT2D eigenvalue weighted by molar-refractivity contribution is 6.32. The zero-order valence-corrected chi connectivity index (χ0v) is 13.7. The molecule has 1 rings (SSSR count). The number of hydrogen-bond acceptors (Lipinski definition) is 3. The van der Waals surface area contributed by atoms with Gasteiger partial charge in [0.1, 0.15) is 5.02 Å². The van der Waals surface area contributed by atoms with Gasteiger partial charge in [-0.1, -0.05) is 32.4 Å². The first-order chi connectivity index (χ1) is 9.41. The number of nitro benzene ring substituents is 1. The molecule has 0 saturated heterocycles. The molecule has 0 aliphatic heterocycles. The predicted octanol–water partition coefficient (Wildman–Crippen LogP) is 4.19. The number of benzene rings is 1. The van der Waals surface area contributed by atoms with E-state index in [4.69, 9.17) is 11.6 Å². The molecule has 0 aliphatic carbocycles. The molecule has 0 atom stereocenters. The van der Waals surface area contributed by atoms with Crippen molar-refractivity contribution in [2.75, 3.05) is 0 Å². The quantitative estimate of drug-likeness (QED) is 0.669. The van der Waals surface area contributed by atoms with E-state index in [1.807, 2.05) is 13.8 Å².